The van der Waals surface area contributed by atoms with E-state index >= 15 is 0 Å². The second kappa shape index (κ2) is 9.56. The van der Waals surface area contributed by atoms with Gasteiger partial charge in [-0.25, -0.2) is 4.39 Å². The molecule has 0 saturated heterocycles. The number of hydrogen-bond acceptors (Lipinski definition) is 5. The zero-order valence-corrected chi connectivity index (χ0v) is 18.3. The Morgan fingerprint density at radius 2 is 1.55 bits per heavy atom. The van der Waals surface area contributed by atoms with Crippen LogP contribution in [0.15, 0.2) is 78.5 Å². The van der Waals surface area contributed by atoms with E-state index in [1.807, 2.05) is 12.1 Å². The van der Waals surface area contributed by atoms with Crippen LogP contribution < -0.4 is 14.8 Å². The van der Waals surface area contributed by atoms with Crippen LogP contribution in [-0.2, 0) is 16.0 Å². The van der Waals surface area contributed by atoms with E-state index in [0.29, 0.717) is 29.2 Å². The Labute approximate surface area is 191 Å². The fraction of sp³-hybridized carbons (Fsp3) is 0.154. The number of amides is 2. The van der Waals surface area contributed by atoms with Crippen LogP contribution in [0, 0.1) is 5.82 Å². The lowest BCUT2D eigenvalue weighted by molar-refractivity contribution is -0.136. The molecule has 3 aromatic rings. The van der Waals surface area contributed by atoms with Crippen molar-refractivity contribution in [2.75, 3.05) is 26.1 Å². The third kappa shape index (κ3) is 4.57. The zero-order valence-electron chi connectivity index (χ0n) is 18.3. The fourth-order valence-electron chi connectivity index (χ4n) is 3.70. The van der Waals surface area contributed by atoms with Gasteiger partial charge in [0.1, 0.15) is 23.0 Å². The summed E-state index contributed by atoms with van der Waals surface area (Å²) >= 11 is 0. The number of rotatable bonds is 8. The summed E-state index contributed by atoms with van der Waals surface area (Å²) in [5.74, 6) is 0.0231. The molecular weight excluding hydrogens is 423 g/mol. The van der Waals surface area contributed by atoms with Crippen LogP contribution in [0.25, 0.3) is 5.57 Å². The van der Waals surface area contributed by atoms with Crippen molar-refractivity contribution in [1.82, 2.24) is 4.90 Å². The predicted octanol–water partition coefficient (Wildman–Crippen LogP) is 4.28. The van der Waals surface area contributed by atoms with E-state index in [9.17, 15) is 14.0 Å². The third-order valence-electron chi connectivity index (χ3n) is 5.45. The summed E-state index contributed by atoms with van der Waals surface area (Å²) in [4.78, 5) is 28.0. The van der Waals surface area contributed by atoms with Crippen molar-refractivity contribution in [3.05, 3.63) is 95.4 Å². The number of benzene rings is 3. The van der Waals surface area contributed by atoms with Crippen LogP contribution >= 0.6 is 0 Å². The van der Waals surface area contributed by atoms with Crippen molar-refractivity contribution < 1.29 is 23.5 Å². The molecule has 168 valence electrons. The average molecular weight is 446 g/mol. The molecule has 0 aromatic heterocycles. The van der Waals surface area contributed by atoms with Gasteiger partial charge in [0, 0.05) is 6.54 Å². The van der Waals surface area contributed by atoms with Crippen LogP contribution in [0.2, 0.25) is 0 Å². The Hall–Kier alpha value is -4.13. The number of ether oxygens (including phenoxy) is 2. The second-order valence-corrected chi connectivity index (χ2v) is 7.44. The summed E-state index contributed by atoms with van der Waals surface area (Å²) in [6.45, 7) is 0.167. The molecule has 0 bridgehead atoms. The first-order chi connectivity index (χ1) is 16.0. The maximum atomic E-state index is 13.4. The molecule has 1 N–H and O–H groups in total. The van der Waals surface area contributed by atoms with Gasteiger partial charge in [0.05, 0.1) is 25.5 Å². The van der Waals surface area contributed by atoms with Gasteiger partial charge in [-0.3, -0.25) is 14.5 Å². The lowest BCUT2D eigenvalue weighted by Crippen LogP contribution is -2.34. The summed E-state index contributed by atoms with van der Waals surface area (Å²) in [5, 5.41) is 3.12. The van der Waals surface area contributed by atoms with Gasteiger partial charge in [0.25, 0.3) is 11.8 Å². The quantitative estimate of drug-likeness (QED) is 0.523. The highest BCUT2D eigenvalue weighted by atomic mass is 19.1. The molecule has 2 amide bonds. The molecule has 1 aliphatic heterocycles. The molecule has 0 saturated carbocycles. The Morgan fingerprint density at radius 3 is 2.21 bits per heavy atom. The number of carbonyl (C=O) groups is 2. The lowest BCUT2D eigenvalue weighted by Gasteiger charge is -2.16. The van der Waals surface area contributed by atoms with Crippen LogP contribution in [-0.4, -0.2) is 37.5 Å². The van der Waals surface area contributed by atoms with Gasteiger partial charge in [0.2, 0.25) is 0 Å². The van der Waals surface area contributed by atoms with E-state index in [-0.39, 0.29) is 23.6 Å². The van der Waals surface area contributed by atoms with Crippen LogP contribution in [0.1, 0.15) is 11.1 Å². The molecule has 0 radical (unpaired) electrons. The van der Waals surface area contributed by atoms with Gasteiger partial charge < -0.3 is 14.8 Å². The van der Waals surface area contributed by atoms with Gasteiger partial charge >= 0.3 is 0 Å². The summed E-state index contributed by atoms with van der Waals surface area (Å²) in [6, 6.07) is 20.1. The summed E-state index contributed by atoms with van der Waals surface area (Å²) in [6.07, 6.45) is 0.412. The van der Waals surface area contributed by atoms with Gasteiger partial charge in [-0.2, -0.15) is 0 Å². The molecule has 7 heteroatoms. The standard InChI is InChI=1S/C26H23FN2O4/c1-32-20-13-9-18(10-14-20)23-24(28-21-5-3-4-6-22(21)33-2)26(31)29(25(23)30)16-15-17-7-11-19(27)12-8-17/h3-14,28H,15-16H2,1-2H3. The monoisotopic (exact) mass is 446 g/mol. The van der Waals surface area contributed by atoms with Crippen molar-refractivity contribution in [3.8, 4) is 11.5 Å². The molecule has 33 heavy (non-hydrogen) atoms. The van der Waals surface area contributed by atoms with E-state index < -0.39 is 11.8 Å². The van der Waals surface area contributed by atoms with Crippen LogP contribution in [0.3, 0.4) is 0 Å². The normalized spacial score (nSPS) is 13.5. The lowest BCUT2D eigenvalue weighted by atomic mass is 10.0. The van der Waals surface area contributed by atoms with Crippen LogP contribution in [0.4, 0.5) is 10.1 Å². The fourth-order valence-corrected chi connectivity index (χ4v) is 3.70. The second-order valence-electron chi connectivity index (χ2n) is 7.44. The molecule has 3 aromatic carbocycles. The third-order valence-corrected chi connectivity index (χ3v) is 5.45. The summed E-state index contributed by atoms with van der Waals surface area (Å²) < 4.78 is 23.8. The highest BCUT2D eigenvalue weighted by Gasteiger charge is 2.39. The molecule has 0 aliphatic carbocycles. The van der Waals surface area contributed by atoms with Crippen LogP contribution in [0.5, 0.6) is 11.5 Å². The highest BCUT2D eigenvalue weighted by Crippen LogP contribution is 2.34. The van der Waals surface area contributed by atoms with Gasteiger partial charge in [-0.1, -0.05) is 36.4 Å². The predicted molar refractivity (Wildman–Crippen MR) is 123 cm³/mol. The molecule has 4 rings (SSSR count). The van der Waals surface area contributed by atoms with E-state index in [1.165, 1.54) is 24.1 Å². The summed E-state index contributed by atoms with van der Waals surface area (Å²) in [5.41, 5.74) is 2.44. The Balaban J connectivity index is 1.68. The number of carbonyl (C=O) groups excluding carboxylic acids is 2. The van der Waals surface area contributed by atoms with Gasteiger partial charge in [-0.15, -0.1) is 0 Å². The number of hydrogen-bond donors (Lipinski definition) is 1. The molecule has 6 nitrogen and oxygen atoms in total. The number of methoxy groups -OCH3 is 2. The minimum absolute atomic E-state index is 0.167. The summed E-state index contributed by atoms with van der Waals surface area (Å²) in [7, 11) is 3.10. The Bertz CT molecular complexity index is 1200. The number of para-hydroxylation sites is 2. The first kappa shape index (κ1) is 22.1. The topological polar surface area (TPSA) is 67.9 Å². The first-order valence-electron chi connectivity index (χ1n) is 10.4. The zero-order chi connectivity index (χ0) is 23.4. The molecular formula is C26H23FN2O4. The molecule has 0 spiro atoms. The number of anilines is 1. The van der Waals surface area contributed by atoms with Crippen molar-refractivity contribution in [1.29, 1.82) is 0 Å². The average Bonchev–Trinajstić information content (AvgIpc) is 3.08. The van der Waals surface area contributed by atoms with E-state index in [0.717, 1.165) is 5.56 Å². The van der Waals surface area contributed by atoms with Crippen molar-refractivity contribution >= 4 is 23.1 Å². The van der Waals surface area contributed by atoms with Crippen molar-refractivity contribution in [2.45, 2.75) is 6.42 Å². The van der Waals surface area contributed by atoms with E-state index in [1.54, 1.807) is 55.6 Å². The number of imide groups is 1. The Kier molecular flexibility index (Phi) is 6.40. The van der Waals surface area contributed by atoms with E-state index in [4.69, 9.17) is 9.47 Å². The minimum atomic E-state index is -0.432. The molecule has 0 unspecified atom stereocenters. The largest absolute Gasteiger partial charge is 0.497 e. The van der Waals surface area contributed by atoms with E-state index in [2.05, 4.69) is 5.32 Å². The minimum Gasteiger partial charge on any atom is -0.497 e. The number of nitrogens with zero attached hydrogens (tertiary/aromatic N) is 1. The van der Waals surface area contributed by atoms with Gasteiger partial charge in [-0.05, 0) is 53.9 Å². The highest BCUT2D eigenvalue weighted by molar-refractivity contribution is 6.36. The number of halogens is 1. The number of nitrogens with one attached hydrogen (secondary N) is 1. The maximum Gasteiger partial charge on any atom is 0.278 e. The Morgan fingerprint density at radius 1 is 0.848 bits per heavy atom. The van der Waals surface area contributed by atoms with Gasteiger partial charge in [0.15, 0.2) is 0 Å². The molecule has 1 heterocycles. The SMILES string of the molecule is COc1ccc(C2=C(Nc3ccccc3OC)C(=O)N(CCc3ccc(F)cc3)C2=O)cc1. The molecule has 0 atom stereocenters. The van der Waals surface area contributed by atoms with Crippen molar-refractivity contribution in [2.24, 2.45) is 0 Å². The first-order valence-corrected chi connectivity index (χ1v) is 10.4. The maximum absolute atomic E-state index is 13.4. The molecule has 0 fully saturated rings. The molecule has 1 aliphatic rings. The van der Waals surface area contributed by atoms with Crippen molar-refractivity contribution in [3.63, 3.8) is 0 Å². The smallest absolute Gasteiger partial charge is 0.278 e.